The SMILES string of the molecule is Cc1cccc(F)c1Nc1ncc(C(=O)O)cc1Cl. The van der Waals surface area contributed by atoms with Crippen LogP contribution >= 0.6 is 11.6 Å². The Morgan fingerprint density at radius 2 is 2.21 bits per heavy atom. The standard InChI is InChI=1S/C13H10ClFN2O2/c1-7-3-2-4-10(15)11(7)17-12-9(14)5-8(6-16-12)13(18)19/h2-6H,1H3,(H,16,17)(H,18,19). The van der Waals surface area contributed by atoms with Crippen molar-refractivity contribution in [1.29, 1.82) is 0 Å². The van der Waals surface area contributed by atoms with Gasteiger partial charge in [0.1, 0.15) is 11.6 Å². The number of benzene rings is 1. The van der Waals surface area contributed by atoms with Crippen LogP contribution in [0.15, 0.2) is 30.5 Å². The van der Waals surface area contributed by atoms with Gasteiger partial charge in [-0.25, -0.2) is 14.2 Å². The molecule has 2 aromatic rings. The summed E-state index contributed by atoms with van der Waals surface area (Å²) in [5.41, 5.74) is 0.931. The summed E-state index contributed by atoms with van der Waals surface area (Å²) in [6.07, 6.45) is 1.16. The van der Waals surface area contributed by atoms with Gasteiger partial charge in [0.15, 0.2) is 0 Å². The highest BCUT2D eigenvalue weighted by Crippen LogP contribution is 2.27. The van der Waals surface area contributed by atoms with Crippen molar-refractivity contribution in [2.75, 3.05) is 5.32 Å². The normalized spacial score (nSPS) is 10.3. The van der Waals surface area contributed by atoms with Crippen LogP contribution in [-0.2, 0) is 0 Å². The van der Waals surface area contributed by atoms with Gasteiger partial charge in [-0.3, -0.25) is 0 Å². The van der Waals surface area contributed by atoms with Crippen molar-refractivity contribution in [3.05, 3.63) is 52.4 Å². The number of aromatic carboxylic acids is 1. The number of hydrogen-bond donors (Lipinski definition) is 2. The van der Waals surface area contributed by atoms with Crippen molar-refractivity contribution in [3.8, 4) is 0 Å². The maximum atomic E-state index is 13.6. The monoisotopic (exact) mass is 280 g/mol. The third-order valence-corrected chi connectivity index (χ3v) is 2.84. The van der Waals surface area contributed by atoms with E-state index < -0.39 is 11.8 Å². The van der Waals surface area contributed by atoms with Crippen LogP contribution < -0.4 is 5.32 Å². The maximum Gasteiger partial charge on any atom is 0.337 e. The molecule has 4 nitrogen and oxygen atoms in total. The van der Waals surface area contributed by atoms with Crippen molar-refractivity contribution < 1.29 is 14.3 Å². The van der Waals surface area contributed by atoms with Crippen LogP contribution in [0.3, 0.4) is 0 Å². The van der Waals surface area contributed by atoms with E-state index in [1.54, 1.807) is 19.1 Å². The van der Waals surface area contributed by atoms with Gasteiger partial charge >= 0.3 is 5.97 Å². The predicted molar refractivity (Wildman–Crippen MR) is 70.6 cm³/mol. The number of anilines is 2. The van der Waals surface area contributed by atoms with Gasteiger partial charge in [-0.1, -0.05) is 23.7 Å². The number of carboxylic acid groups (broad SMARTS) is 1. The number of nitrogens with zero attached hydrogens (tertiary/aromatic N) is 1. The molecule has 0 saturated heterocycles. The molecular formula is C13H10ClFN2O2. The number of rotatable bonds is 3. The Bertz CT molecular complexity index is 626. The van der Waals surface area contributed by atoms with Gasteiger partial charge in [0, 0.05) is 6.20 Å². The molecule has 0 unspecified atom stereocenters. The molecule has 0 atom stereocenters. The molecule has 6 heteroatoms. The fraction of sp³-hybridized carbons (Fsp3) is 0.0769. The first-order chi connectivity index (χ1) is 8.99. The zero-order valence-corrected chi connectivity index (χ0v) is 10.7. The average Bonchev–Trinajstić information content (AvgIpc) is 2.35. The second-order valence-electron chi connectivity index (χ2n) is 3.92. The Balaban J connectivity index is 2.36. The van der Waals surface area contributed by atoms with E-state index >= 15 is 0 Å². The molecule has 0 radical (unpaired) electrons. The van der Waals surface area contributed by atoms with Crippen LogP contribution in [0.1, 0.15) is 15.9 Å². The Kier molecular flexibility index (Phi) is 3.66. The Morgan fingerprint density at radius 3 is 2.79 bits per heavy atom. The van der Waals surface area contributed by atoms with Gasteiger partial charge in [0.2, 0.25) is 0 Å². The molecule has 2 N–H and O–H groups in total. The number of para-hydroxylation sites is 1. The Labute approximate surface area is 113 Å². The van der Waals surface area contributed by atoms with E-state index in [-0.39, 0.29) is 22.1 Å². The number of aromatic nitrogens is 1. The lowest BCUT2D eigenvalue weighted by molar-refractivity contribution is 0.0696. The minimum absolute atomic E-state index is 0.0270. The lowest BCUT2D eigenvalue weighted by atomic mass is 10.2. The third kappa shape index (κ3) is 2.82. The first kappa shape index (κ1) is 13.3. The zero-order valence-electron chi connectivity index (χ0n) is 9.95. The number of nitrogens with one attached hydrogen (secondary N) is 1. The molecule has 1 aromatic carbocycles. The number of carbonyl (C=O) groups is 1. The molecular weight excluding hydrogens is 271 g/mol. The number of hydrogen-bond acceptors (Lipinski definition) is 3. The highest BCUT2D eigenvalue weighted by Gasteiger charge is 2.11. The summed E-state index contributed by atoms with van der Waals surface area (Å²) in [7, 11) is 0. The summed E-state index contributed by atoms with van der Waals surface area (Å²) in [5, 5.41) is 11.7. The molecule has 2 rings (SSSR count). The van der Waals surface area contributed by atoms with E-state index in [0.717, 1.165) is 6.20 Å². The van der Waals surface area contributed by atoms with Gasteiger partial charge in [-0.15, -0.1) is 0 Å². The molecule has 0 aliphatic rings. The van der Waals surface area contributed by atoms with Crippen LogP contribution in [0.2, 0.25) is 5.02 Å². The second kappa shape index (κ2) is 5.24. The summed E-state index contributed by atoms with van der Waals surface area (Å²) >= 11 is 5.92. The van der Waals surface area contributed by atoms with E-state index in [1.807, 2.05) is 0 Å². The number of carboxylic acids is 1. The smallest absolute Gasteiger partial charge is 0.337 e. The quantitative estimate of drug-likeness (QED) is 0.901. The van der Waals surface area contributed by atoms with Crippen LogP contribution in [0.5, 0.6) is 0 Å². The van der Waals surface area contributed by atoms with E-state index in [2.05, 4.69) is 10.3 Å². The molecule has 1 heterocycles. The van der Waals surface area contributed by atoms with Crippen molar-refractivity contribution in [2.45, 2.75) is 6.92 Å². The topological polar surface area (TPSA) is 62.2 Å². The number of pyridine rings is 1. The summed E-state index contributed by atoms with van der Waals surface area (Å²) in [4.78, 5) is 14.6. The zero-order chi connectivity index (χ0) is 14.0. The molecule has 0 saturated carbocycles. The van der Waals surface area contributed by atoms with Gasteiger partial charge < -0.3 is 10.4 Å². The van der Waals surface area contributed by atoms with Crippen molar-refractivity contribution >= 4 is 29.1 Å². The second-order valence-corrected chi connectivity index (χ2v) is 4.32. The van der Waals surface area contributed by atoms with Gasteiger partial charge in [-0.2, -0.15) is 0 Å². The minimum Gasteiger partial charge on any atom is -0.478 e. The molecule has 0 aliphatic carbocycles. The molecule has 0 spiro atoms. The van der Waals surface area contributed by atoms with Crippen LogP contribution in [0, 0.1) is 12.7 Å². The summed E-state index contributed by atoms with van der Waals surface area (Å²) in [6, 6.07) is 5.91. The molecule has 98 valence electrons. The Hall–Kier alpha value is -2.14. The molecule has 0 amide bonds. The van der Waals surface area contributed by atoms with E-state index in [0.29, 0.717) is 5.56 Å². The number of aryl methyl sites for hydroxylation is 1. The predicted octanol–water partition coefficient (Wildman–Crippen LogP) is 3.62. The van der Waals surface area contributed by atoms with Crippen LogP contribution in [-0.4, -0.2) is 16.1 Å². The van der Waals surface area contributed by atoms with Crippen LogP contribution in [0.25, 0.3) is 0 Å². The minimum atomic E-state index is -1.12. The average molecular weight is 281 g/mol. The highest BCUT2D eigenvalue weighted by molar-refractivity contribution is 6.33. The maximum absolute atomic E-state index is 13.6. The molecule has 1 aromatic heterocycles. The largest absolute Gasteiger partial charge is 0.478 e. The lowest BCUT2D eigenvalue weighted by Gasteiger charge is -2.11. The lowest BCUT2D eigenvalue weighted by Crippen LogP contribution is -2.02. The highest BCUT2D eigenvalue weighted by atomic mass is 35.5. The van der Waals surface area contributed by atoms with E-state index in [1.165, 1.54) is 12.1 Å². The summed E-state index contributed by atoms with van der Waals surface area (Å²) < 4.78 is 13.6. The summed E-state index contributed by atoms with van der Waals surface area (Å²) in [6.45, 7) is 1.74. The van der Waals surface area contributed by atoms with Crippen LogP contribution in [0.4, 0.5) is 15.9 Å². The van der Waals surface area contributed by atoms with Gasteiger partial charge in [0.05, 0.1) is 16.3 Å². The third-order valence-electron chi connectivity index (χ3n) is 2.55. The van der Waals surface area contributed by atoms with Gasteiger partial charge in [0.25, 0.3) is 0 Å². The first-order valence-corrected chi connectivity index (χ1v) is 5.78. The number of halogens is 2. The fourth-order valence-electron chi connectivity index (χ4n) is 1.56. The molecule has 19 heavy (non-hydrogen) atoms. The van der Waals surface area contributed by atoms with Gasteiger partial charge in [-0.05, 0) is 24.6 Å². The molecule has 0 bridgehead atoms. The Morgan fingerprint density at radius 1 is 1.47 bits per heavy atom. The van der Waals surface area contributed by atoms with Crippen molar-refractivity contribution in [3.63, 3.8) is 0 Å². The first-order valence-electron chi connectivity index (χ1n) is 5.40. The molecule has 0 fully saturated rings. The van der Waals surface area contributed by atoms with E-state index in [9.17, 15) is 9.18 Å². The fourth-order valence-corrected chi connectivity index (χ4v) is 1.77. The van der Waals surface area contributed by atoms with Crippen molar-refractivity contribution in [1.82, 2.24) is 4.98 Å². The van der Waals surface area contributed by atoms with Crippen molar-refractivity contribution in [2.24, 2.45) is 0 Å². The molecule has 0 aliphatic heterocycles. The summed E-state index contributed by atoms with van der Waals surface area (Å²) in [5.74, 6) is -1.34. The van der Waals surface area contributed by atoms with E-state index in [4.69, 9.17) is 16.7 Å².